The number of benzene rings is 1. The number of phenols is 1. The Kier molecular flexibility index (Phi) is 5.48. The number of hydrogen-bond donors (Lipinski definition) is 1. The average Bonchev–Trinajstić information content (AvgIpc) is 2.28. The van der Waals surface area contributed by atoms with E-state index in [1.54, 1.807) is 19.2 Å². The van der Waals surface area contributed by atoms with E-state index in [4.69, 9.17) is 4.74 Å². The fraction of sp³-hybridized carbons (Fsp3) is 0.429. The Labute approximate surface area is 97.6 Å². The van der Waals surface area contributed by atoms with Crippen molar-refractivity contribution in [2.24, 2.45) is 0 Å². The van der Waals surface area contributed by atoms with Crippen LogP contribution in [0.15, 0.2) is 24.3 Å². The van der Waals surface area contributed by atoms with Crippen LogP contribution in [0, 0.1) is 0 Å². The quantitative estimate of drug-likeness (QED) is 0.734. The lowest BCUT2D eigenvalue weighted by atomic mass is 10.1. The second-order valence-electron chi connectivity index (χ2n) is 3.86. The Morgan fingerprint density at radius 1 is 1.25 bits per heavy atom. The third-order valence-electron chi connectivity index (χ3n) is 2.43. The number of aromatic hydroxyl groups is 1. The Morgan fingerprint density at radius 3 is 2.75 bits per heavy atom. The van der Waals surface area contributed by atoms with Crippen molar-refractivity contribution in [3.63, 3.8) is 0 Å². The van der Waals surface area contributed by atoms with Crippen molar-refractivity contribution in [2.45, 2.75) is 32.6 Å². The lowest BCUT2D eigenvalue weighted by Gasteiger charge is -2.02. The van der Waals surface area contributed by atoms with Gasteiger partial charge < -0.3 is 9.84 Å². The molecule has 2 nitrogen and oxygen atoms in total. The molecule has 0 saturated carbocycles. The molecular weight excluding hydrogens is 200 g/mol. The van der Waals surface area contributed by atoms with Gasteiger partial charge in [0.2, 0.25) is 0 Å². The van der Waals surface area contributed by atoms with E-state index in [0.717, 1.165) is 12.0 Å². The van der Waals surface area contributed by atoms with E-state index >= 15 is 0 Å². The van der Waals surface area contributed by atoms with Crippen LogP contribution in [0.25, 0.3) is 6.08 Å². The standard InChI is InChI=1S/C14H20O2/c1-3-4-5-6-7-8-12-9-13(15)11-14(10-12)16-2/h7-11,15H,3-6H2,1-2H3. The number of unbranched alkanes of at least 4 members (excludes halogenated alkanes) is 3. The highest BCUT2D eigenvalue weighted by Crippen LogP contribution is 2.22. The third-order valence-corrected chi connectivity index (χ3v) is 2.43. The minimum atomic E-state index is 0.243. The first-order valence-electron chi connectivity index (χ1n) is 5.81. The van der Waals surface area contributed by atoms with E-state index in [0.29, 0.717) is 5.75 Å². The van der Waals surface area contributed by atoms with Gasteiger partial charge in [-0.25, -0.2) is 0 Å². The van der Waals surface area contributed by atoms with E-state index in [9.17, 15) is 5.11 Å². The molecule has 0 aliphatic carbocycles. The zero-order chi connectivity index (χ0) is 11.8. The van der Waals surface area contributed by atoms with Crippen LogP contribution in [0.3, 0.4) is 0 Å². The summed E-state index contributed by atoms with van der Waals surface area (Å²) >= 11 is 0. The van der Waals surface area contributed by atoms with Crippen molar-refractivity contribution < 1.29 is 9.84 Å². The van der Waals surface area contributed by atoms with Gasteiger partial charge in [-0.2, -0.15) is 0 Å². The molecule has 0 radical (unpaired) electrons. The second kappa shape index (κ2) is 6.94. The molecule has 0 aromatic heterocycles. The summed E-state index contributed by atoms with van der Waals surface area (Å²) in [7, 11) is 1.60. The van der Waals surface area contributed by atoms with Gasteiger partial charge in [0.05, 0.1) is 7.11 Å². The molecule has 0 fully saturated rings. The van der Waals surface area contributed by atoms with Crippen LogP contribution in [0.2, 0.25) is 0 Å². The van der Waals surface area contributed by atoms with Gasteiger partial charge in [-0.15, -0.1) is 0 Å². The molecule has 0 bridgehead atoms. The van der Waals surface area contributed by atoms with Crippen molar-refractivity contribution in [2.75, 3.05) is 7.11 Å². The van der Waals surface area contributed by atoms with Crippen LogP contribution < -0.4 is 4.74 Å². The molecule has 0 spiro atoms. The minimum Gasteiger partial charge on any atom is -0.508 e. The molecule has 1 N–H and O–H groups in total. The fourth-order valence-corrected chi connectivity index (χ4v) is 1.55. The molecular formula is C14H20O2. The Hall–Kier alpha value is -1.44. The Balaban J connectivity index is 2.55. The van der Waals surface area contributed by atoms with E-state index in [-0.39, 0.29) is 5.75 Å². The highest BCUT2D eigenvalue weighted by atomic mass is 16.5. The van der Waals surface area contributed by atoms with Gasteiger partial charge in [0, 0.05) is 6.07 Å². The lowest BCUT2D eigenvalue weighted by Crippen LogP contribution is -1.83. The van der Waals surface area contributed by atoms with Gasteiger partial charge in [0.1, 0.15) is 11.5 Å². The van der Waals surface area contributed by atoms with Crippen molar-refractivity contribution >= 4 is 6.08 Å². The minimum absolute atomic E-state index is 0.243. The predicted octanol–water partition coefficient (Wildman–Crippen LogP) is 3.99. The molecule has 0 aliphatic rings. The maximum atomic E-state index is 9.45. The zero-order valence-corrected chi connectivity index (χ0v) is 10.1. The Bertz CT molecular complexity index is 343. The molecule has 2 heteroatoms. The number of phenolic OH excluding ortho intramolecular Hbond substituents is 1. The molecule has 88 valence electrons. The first-order valence-corrected chi connectivity index (χ1v) is 5.81. The molecule has 0 atom stereocenters. The first-order chi connectivity index (χ1) is 7.76. The summed E-state index contributed by atoms with van der Waals surface area (Å²) in [4.78, 5) is 0. The number of hydrogen-bond acceptors (Lipinski definition) is 2. The first kappa shape index (κ1) is 12.6. The highest BCUT2D eigenvalue weighted by Gasteiger charge is 1.96. The van der Waals surface area contributed by atoms with Crippen LogP contribution in [-0.2, 0) is 0 Å². The van der Waals surface area contributed by atoms with Crippen LogP contribution in [0.1, 0.15) is 38.2 Å². The molecule has 0 heterocycles. The molecule has 0 unspecified atom stereocenters. The normalized spacial score (nSPS) is 10.9. The van der Waals surface area contributed by atoms with E-state index in [2.05, 4.69) is 13.0 Å². The van der Waals surface area contributed by atoms with Gasteiger partial charge in [-0.05, 0) is 30.5 Å². The number of ether oxygens (including phenoxy) is 1. The van der Waals surface area contributed by atoms with Gasteiger partial charge >= 0.3 is 0 Å². The van der Waals surface area contributed by atoms with Crippen LogP contribution in [0.4, 0.5) is 0 Å². The summed E-state index contributed by atoms with van der Waals surface area (Å²) in [5, 5.41) is 9.45. The van der Waals surface area contributed by atoms with Crippen molar-refractivity contribution in [3.05, 3.63) is 29.8 Å². The average molecular weight is 220 g/mol. The smallest absolute Gasteiger partial charge is 0.123 e. The van der Waals surface area contributed by atoms with Crippen LogP contribution >= 0.6 is 0 Å². The number of methoxy groups -OCH3 is 1. The van der Waals surface area contributed by atoms with E-state index in [1.165, 1.54) is 19.3 Å². The second-order valence-corrected chi connectivity index (χ2v) is 3.86. The SMILES string of the molecule is CCCCCC=Cc1cc(O)cc(OC)c1. The molecule has 16 heavy (non-hydrogen) atoms. The van der Waals surface area contributed by atoms with Gasteiger partial charge in [0.25, 0.3) is 0 Å². The summed E-state index contributed by atoms with van der Waals surface area (Å²) in [6.45, 7) is 2.20. The lowest BCUT2D eigenvalue weighted by molar-refractivity contribution is 0.407. The summed E-state index contributed by atoms with van der Waals surface area (Å²) < 4.78 is 5.09. The fourth-order valence-electron chi connectivity index (χ4n) is 1.55. The molecule has 0 aliphatic heterocycles. The topological polar surface area (TPSA) is 29.5 Å². The largest absolute Gasteiger partial charge is 0.508 e. The molecule has 0 saturated heterocycles. The monoisotopic (exact) mass is 220 g/mol. The zero-order valence-electron chi connectivity index (χ0n) is 10.1. The summed E-state index contributed by atoms with van der Waals surface area (Å²) in [5.74, 6) is 0.931. The molecule has 1 aromatic rings. The van der Waals surface area contributed by atoms with E-state index < -0.39 is 0 Å². The molecule has 0 amide bonds. The summed E-state index contributed by atoms with van der Waals surface area (Å²) in [6, 6.07) is 5.25. The maximum absolute atomic E-state index is 9.45. The van der Waals surface area contributed by atoms with Crippen molar-refractivity contribution in [1.29, 1.82) is 0 Å². The van der Waals surface area contributed by atoms with Gasteiger partial charge in [-0.3, -0.25) is 0 Å². The van der Waals surface area contributed by atoms with Gasteiger partial charge in [0.15, 0.2) is 0 Å². The van der Waals surface area contributed by atoms with Gasteiger partial charge in [-0.1, -0.05) is 31.9 Å². The summed E-state index contributed by atoms with van der Waals surface area (Å²) in [6.07, 6.45) is 9.00. The molecule has 1 rings (SSSR count). The third kappa shape index (κ3) is 4.39. The maximum Gasteiger partial charge on any atom is 0.123 e. The highest BCUT2D eigenvalue weighted by molar-refractivity contribution is 5.54. The summed E-state index contributed by atoms with van der Waals surface area (Å²) in [5.41, 5.74) is 0.980. The van der Waals surface area contributed by atoms with Crippen molar-refractivity contribution in [3.8, 4) is 11.5 Å². The van der Waals surface area contributed by atoms with Crippen LogP contribution in [-0.4, -0.2) is 12.2 Å². The van der Waals surface area contributed by atoms with E-state index in [1.807, 2.05) is 12.1 Å². The van der Waals surface area contributed by atoms with Crippen molar-refractivity contribution in [1.82, 2.24) is 0 Å². The number of allylic oxidation sites excluding steroid dienone is 1. The molecule has 1 aromatic carbocycles. The number of rotatable bonds is 6. The van der Waals surface area contributed by atoms with Crippen LogP contribution in [0.5, 0.6) is 11.5 Å². The Morgan fingerprint density at radius 2 is 2.06 bits per heavy atom. The predicted molar refractivity (Wildman–Crippen MR) is 67.8 cm³/mol.